The highest BCUT2D eigenvalue weighted by Gasteiger charge is 1.99. The van der Waals surface area contributed by atoms with Crippen LogP contribution in [-0.4, -0.2) is 13.0 Å². The molecule has 2 aromatic carbocycles. The summed E-state index contributed by atoms with van der Waals surface area (Å²) in [5, 5.41) is 3.44. The molecule has 2 aromatic rings. The first-order valence-corrected chi connectivity index (χ1v) is 6.44. The lowest BCUT2D eigenvalue weighted by atomic mass is 10.2. The van der Waals surface area contributed by atoms with E-state index in [0.29, 0.717) is 16.5 Å². The topological polar surface area (TPSA) is 38.3 Å². The molecule has 1 amide bonds. The first-order chi connectivity index (χ1) is 9.67. The second-order valence-electron chi connectivity index (χ2n) is 4.11. The fraction of sp³-hybridized carbons (Fsp3) is 0.0625. The predicted octanol–water partition coefficient (Wildman–Crippen LogP) is 4.00. The zero-order valence-corrected chi connectivity index (χ0v) is 11.7. The van der Waals surface area contributed by atoms with E-state index in [1.807, 2.05) is 24.3 Å². The number of carbonyl (C=O) groups excluding carboxylic acids is 1. The van der Waals surface area contributed by atoms with E-state index in [1.54, 1.807) is 37.5 Å². The molecule has 0 aliphatic heterocycles. The number of amides is 1. The summed E-state index contributed by atoms with van der Waals surface area (Å²) in [5.74, 6) is 0.498. The Morgan fingerprint density at radius 2 is 1.95 bits per heavy atom. The summed E-state index contributed by atoms with van der Waals surface area (Å²) in [6.07, 6.45) is 3.20. The van der Waals surface area contributed by atoms with E-state index in [4.69, 9.17) is 16.3 Å². The van der Waals surface area contributed by atoms with Gasteiger partial charge in [-0.15, -0.1) is 0 Å². The molecule has 102 valence electrons. The average Bonchev–Trinajstić information content (AvgIpc) is 2.47. The monoisotopic (exact) mass is 287 g/mol. The number of nitrogens with one attached hydrogen (secondary N) is 1. The minimum atomic E-state index is -0.201. The number of rotatable bonds is 4. The summed E-state index contributed by atoms with van der Waals surface area (Å²) >= 11 is 5.80. The lowest BCUT2D eigenvalue weighted by molar-refractivity contribution is -0.111. The van der Waals surface area contributed by atoms with Gasteiger partial charge >= 0.3 is 0 Å². The van der Waals surface area contributed by atoms with Crippen LogP contribution in [0.5, 0.6) is 5.75 Å². The predicted molar refractivity (Wildman–Crippen MR) is 82.1 cm³/mol. The number of hydrogen-bond acceptors (Lipinski definition) is 2. The molecule has 0 spiro atoms. The van der Waals surface area contributed by atoms with Gasteiger partial charge in [0.1, 0.15) is 5.75 Å². The van der Waals surface area contributed by atoms with Crippen molar-refractivity contribution in [1.29, 1.82) is 0 Å². The third kappa shape index (κ3) is 4.14. The van der Waals surface area contributed by atoms with Gasteiger partial charge in [0.2, 0.25) is 5.91 Å². The number of ether oxygens (including phenoxy) is 1. The highest BCUT2D eigenvalue weighted by molar-refractivity contribution is 6.30. The molecule has 0 aromatic heterocycles. The summed E-state index contributed by atoms with van der Waals surface area (Å²) in [6, 6.07) is 14.4. The zero-order valence-electron chi connectivity index (χ0n) is 11.0. The summed E-state index contributed by atoms with van der Waals surface area (Å²) in [6.45, 7) is 0. The standard InChI is InChI=1S/C16H14ClNO2/c1-20-15-4-2-3-14(11-15)18-16(19)10-7-12-5-8-13(17)9-6-12/h2-11H,1H3,(H,18,19)/b10-7-. The van der Waals surface area contributed by atoms with Crippen LogP contribution in [0.15, 0.2) is 54.6 Å². The molecule has 0 saturated heterocycles. The van der Waals surface area contributed by atoms with Crippen molar-refractivity contribution in [2.75, 3.05) is 12.4 Å². The minimum Gasteiger partial charge on any atom is -0.497 e. The van der Waals surface area contributed by atoms with Crippen LogP contribution in [0.3, 0.4) is 0 Å². The third-order valence-electron chi connectivity index (χ3n) is 2.63. The SMILES string of the molecule is COc1cccc(NC(=O)/C=C\c2ccc(Cl)cc2)c1. The van der Waals surface area contributed by atoms with Crippen LogP contribution in [0.2, 0.25) is 5.02 Å². The Morgan fingerprint density at radius 1 is 1.20 bits per heavy atom. The Kier molecular flexibility index (Phi) is 4.80. The van der Waals surface area contributed by atoms with Crippen LogP contribution in [0.4, 0.5) is 5.69 Å². The largest absolute Gasteiger partial charge is 0.497 e. The summed E-state index contributed by atoms with van der Waals surface area (Å²) in [7, 11) is 1.58. The molecule has 0 unspecified atom stereocenters. The van der Waals surface area contributed by atoms with Crippen molar-refractivity contribution in [3.63, 3.8) is 0 Å². The molecule has 0 heterocycles. The first kappa shape index (κ1) is 14.2. The van der Waals surface area contributed by atoms with Gasteiger partial charge < -0.3 is 10.1 Å². The number of halogens is 1. The van der Waals surface area contributed by atoms with Crippen LogP contribution in [0.1, 0.15) is 5.56 Å². The molecule has 0 aliphatic carbocycles. The van der Waals surface area contributed by atoms with Crippen molar-refractivity contribution >= 4 is 29.3 Å². The summed E-state index contributed by atoms with van der Waals surface area (Å²) in [4.78, 5) is 11.8. The van der Waals surface area contributed by atoms with Gasteiger partial charge in [-0.05, 0) is 35.9 Å². The molecule has 0 fully saturated rings. The molecular weight excluding hydrogens is 274 g/mol. The van der Waals surface area contributed by atoms with Gasteiger partial charge in [-0.25, -0.2) is 0 Å². The molecule has 3 nitrogen and oxygen atoms in total. The Labute approximate surface area is 122 Å². The van der Waals surface area contributed by atoms with Crippen LogP contribution in [0, 0.1) is 0 Å². The minimum absolute atomic E-state index is 0.201. The number of methoxy groups -OCH3 is 1. The van der Waals surface area contributed by atoms with E-state index in [9.17, 15) is 4.79 Å². The van der Waals surface area contributed by atoms with Crippen LogP contribution < -0.4 is 10.1 Å². The first-order valence-electron chi connectivity index (χ1n) is 6.06. The maximum Gasteiger partial charge on any atom is 0.248 e. The quantitative estimate of drug-likeness (QED) is 0.863. The zero-order chi connectivity index (χ0) is 14.4. The van der Waals surface area contributed by atoms with E-state index in [0.717, 1.165) is 5.56 Å². The van der Waals surface area contributed by atoms with Gasteiger partial charge in [0.25, 0.3) is 0 Å². The lowest BCUT2D eigenvalue weighted by Crippen LogP contribution is -2.07. The molecule has 20 heavy (non-hydrogen) atoms. The van der Waals surface area contributed by atoms with E-state index >= 15 is 0 Å². The van der Waals surface area contributed by atoms with Crippen LogP contribution in [-0.2, 0) is 4.79 Å². The Bertz CT molecular complexity index is 621. The molecule has 0 aliphatic rings. The molecule has 0 radical (unpaired) electrons. The second kappa shape index (κ2) is 6.78. The van der Waals surface area contributed by atoms with Gasteiger partial charge in [-0.3, -0.25) is 4.79 Å². The van der Waals surface area contributed by atoms with E-state index < -0.39 is 0 Å². The van der Waals surface area contributed by atoms with Crippen molar-refractivity contribution in [2.24, 2.45) is 0 Å². The van der Waals surface area contributed by atoms with Crippen molar-refractivity contribution in [1.82, 2.24) is 0 Å². The molecular formula is C16H14ClNO2. The summed E-state index contributed by atoms with van der Waals surface area (Å²) < 4.78 is 5.10. The van der Waals surface area contributed by atoms with Gasteiger partial charge in [0, 0.05) is 22.9 Å². The Hall–Kier alpha value is -2.26. The number of benzene rings is 2. The maximum atomic E-state index is 11.8. The fourth-order valence-electron chi connectivity index (χ4n) is 1.63. The second-order valence-corrected chi connectivity index (χ2v) is 4.54. The van der Waals surface area contributed by atoms with Gasteiger partial charge in [0.15, 0.2) is 0 Å². The smallest absolute Gasteiger partial charge is 0.248 e. The molecule has 0 atom stereocenters. The van der Waals surface area contributed by atoms with Gasteiger partial charge in [-0.2, -0.15) is 0 Å². The van der Waals surface area contributed by atoms with Crippen molar-refractivity contribution in [3.8, 4) is 5.75 Å². The normalized spacial score (nSPS) is 10.5. The lowest BCUT2D eigenvalue weighted by Gasteiger charge is -2.04. The molecule has 4 heteroatoms. The van der Waals surface area contributed by atoms with E-state index in [-0.39, 0.29) is 5.91 Å². The molecule has 0 bridgehead atoms. The number of anilines is 1. The Balaban J connectivity index is 1.99. The number of carbonyl (C=O) groups is 1. The maximum absolute atomic E-state index is 11.8. The van der Waals surface area contributed by atoms with E-state index in [2.05, 4.69) is 5.32 Å². The highest BCUT2D eigenvalue weighted by atomic mass is 35.5. The van der Waals surface area contributed by atoms with Crippen molar-refractivity contribution in [2.45, 2.75) is 0 Å². The average molecular weight is 288 g/mol. The fourth-order valence-corrected chi connectivity index (χ4v) is 1.76. The number of hydrogen-bond donors (Lipinski definition) is 1. The molecule has 2 rings (SSSR count). The Morgan fingerprint density at radius 3 is 2.65 bits per heavy atom. The molecule has 1 N–H and O–H groups in total. The molecule has 0 saturated carbocycles. The third-order valence-corrected chi connectivity index (χ3v) is 2.89. The van der Waals surface area contributed by atoms with E-state index in [1.165, 1.54) is 6.08 Å². The van der Waals surface area contributed by atoms with Gasteiger partial charge in [0.05, 0.1) is 7.11 Å². The van der Waals surface area contributed by atoms with Gasteiger partial charge in [-0.1, -0.05) is 29.8 Å². The van der Waals surface area contributed by atoms with Crippen molar-refractivity contribution < 1.29 is 9.53 Å². The highest BCUT2D eigenvalue weighted by Crippen LogP contribution is 2.16. The van der Waals surface area contributed by atoms with Crippen LogP contribution in [0.25, 0.3) is 6.08 Å². The summed E-state index contributed by atoms with van der Waals surface area (Å²) in [5.41, 5.74) is 1.60. The van der Waals surface area contributed by atoms with Crippen molar-refractivity contribution in [3.05, 3.63) is 65.2 Å². The van der Waals surface area contributed by atoms with Crippen LogP contribution >= 0.6 is 11.6 Å².